The summed E-state index contributed by atoms with van der Waals surface area (Å²) in [4.78, 5) is 10.6. The molecule has 0 amide bonds. The topological polar surface area (TPSA) is 148 Å². The van der Waals surface area contributed by atoms with Crippen LogP contribution in [0.2, 0.25) is 0 Å². The van der Waals surface area contributed by atoms with Gasteiger partial charge in [-0.05, 0) is 5.18 Å². The molecule has 7 nitrogen and oxygen atoms in total. The molecule has 0 aromatic heterocycles. The third kappa shape index (κ3) is 2.43. The fraction of sp³-hybridized carbons (Fsp3) is 0. The van der Waals surface area contributed by atoms with Crippen molar-refractivity contribution in [3.05, 3.63) is 32.7 Å². The van der Waals surface area contributed by atoms with Crippen molar-refractivity contribution in [1.82, 2.24) is 0 Å². The van der Waals surface area contributed by atoms with Crippen molar-refractivity contribution in [2.24, 2.45) is 5.18 Å². The monoisotopic (exact) mass is 256 g/mol. The molecule has 0 atom stereocenters. The minimum atomic E-state index is -0.591. The van der Waals surface area contributed by atoms with Crippen LogP contribution >= 0.6 is 0 Å². The average molecular weight is 256 g/mol. The van der Waals surface area contributed by atoms with Crippen LogP contribution in [0.25, 0.3) is 0 Å². The van der Waals surface area contributed by atoms with Gasteiger partial charge in [-0.2, -0.15) is 26.3 Å². The SMILES string of the molecule is N#Cc1c(C#N)c(C#N)c(N=O)c(C#N)c1C#N.[NaH]. The molecule has 82 valence electrons. The molecule has 0 heterocycles. The van der Waals surface area contributed by atoms with Crippen molar-refractivity contribution in [3.63, 3.8) is 0 Å². The zero-order valence-electron chi connectivity index (χ0n) is 8.59. The molecule has 0 bridgehead atoms. The number of benzene rings is 1. The Morgan fingerprint density at radius 2 is 0.895 bits per heavy atom. The zero-order valence-corrected chi connectivity index (χ0v) is 8.59. The van der Waals surface area contributed by atoms with Gasteiger partial charge in [0.1, 0.15) is 47.2 Å². The zero-order chi connectivity index (χ0) is 13.7. The van der Waals surface area contributed by atoms with E-state index in [0.29, 0.717) is 0 Å². The van der Waals surface area contributed by atoms with Gasteiger partial charge >= 0.3 is 29.6 Å². The summed E-state index contributed by atoms with van der Waals surface area (Å²) >= 11 is 0. The number of hydrogen-bond acceptors (Lipinski definition) is 7. The Morgan fingerprint density at radius 3 is 1.11 bits per heavy atom. The average Bonchev–Trinajstić information content (AvgIpc) is 2.43. The van der Waals surface area contributed by atoms with E-state index in [4.69, 9.17) is 26.3 Å². The predicted molar refractivity (Wildman–Crippen MR) is 62.6 cm³/mol. The van der Waals surface area contributed by atoms with Crippen molar-refractivity contribution >= 4 is 35.2 Å². The molecule has 19 heavy (non-hydrogen) atoms. The minimum absolute atomic E-state index is 0. The summed E-state index contributed by atoms with van der Waals surface area (Å²) in [6.07, 6.45) is 0. The van der Waals surface area contributed by atoms with Gasteiger partial charge in [-0.15, -0.1) is 4.91 Å². The Kier molecular flexibility index (Phi) is 5.89. The van der Waals surface area contributed by atoms with E-state index in [0.717, 1.165) is 0 Å². The maximum atomic E-state index is 10.6. The van der Waals surface area contributed by atoms with Gasteiger partial charge in [0.05, 0.1) is 16.7 Å². The Balaban J connectivity index is 0.00000324. The quantitative estimate of drug-likeness (QED) is 0.535. The molecule has 0 radical (unpaired) electrons. The summed E-state index contributed by atoms with van der Waals surface area (Å²) in [5, 5.41) is 46.9. The Hall–Kier alpha value is -2.73. The van der Waals surface area contributed by atoms with E-state index >= 15 is 0 Å². The van der Waals surface area contributed by atoms with E-state index in [1.807, 2.05) is 0 Å². The molecule has 1 aromatic rings. The van der Waals surface area contributed by atoms with E-state index in [9.17, 15) is 4.91 Å². The van der Waals surface area contributed by atoms with Gasteiger partial charge in [0.25, 0.3) is 0 Å². The van der Waals surface area contributed by atoms with Gasteiger partial charge in [0.15, 0.2) is 0 Å². The molecule has 0 fully saturated rings. The third-order valence-electron chi connectivity index (χ3n) is 2.12. The predicted octanol–water partition coefficient (Wildman–Crippen LogP) is 0.794. The van der Waals surface area contributed by atoms with Crippen LogP contribution in [0.5, 0.6) is 0 Å². The Labute approximate surface area is 129 Å². The van der Waals surface area contributed by atoms with E-state index < -0.39 is 33.5 Å². The summed E-state index contributed by atoms with van der Waals surface area (Å²) in [5.41, 5.74) is -2.79. The van der Waals surface area contributed by atoms with Crippen molar-refractivity contribution < 1.29 is 0 Å². The molecule has 0 unspecified atom stereocenters. The number of nitriles is 5. The third-order valence-corrected chi connectivity index (χ3v) is 2.12. The van der Waals surface area contributed by atoms with Crippen LogP contribution in [0, 0.1) is 61.6 Å². The molecular formula is C11HN6NaO. The summed E-state index contributed by atoms with van der Waals surface area (Å²) in [5.74, 6) is 0. The van der Waals surface area contributed by atoms with Crippen molar-refractivity contribution in [1.29, 1.82) is 26.3 Å². The molecule has 0 saturated carbocycles. The first-order valence-corrected chi connectivity index (χ1v) is 4.27. The van der Waals surface area contributed by atoms with Crippen molar-refractivity contribution in [2.75, 3.05) is 0 Å². The molecule has 1 aromatic carbocycles. The van der Waals surface area contributed by atoms with Gasteiger partial charge in [-0.3, -0.25) is 0 Å². The first kappa shape index (κ1) is 16.3. The van der Waals surface area contributed by atoms with Gasteiger partial charge in [0, 0.05) is 0 Å². The van der Waals surface area contributed by atoms with E-state index in [-0.39, 0.29) is 29.6 Å². The van der Waals surface area contributed by atoms with Crippen LogP contribution in [0.15, 0.2) is 5.18 Å². The summed E-state index contributed by atoms with van der Waals surface area (Å²) in [7, 11) is 0. The summed E-state index contributed by atoms with van der Waals surface area (Å²) in [6, 6.07) is 7.78. The van der Waals surface area contributed by atoms with E-state index in [2.05, 4.69) is 5.18 Å². The van der Waals surface area contributed by atoms with Crippen LogP contribution in [0.3, 0.4) is 0 Å². The van der Waals surface area contributed by atoms with E-state index in [1.165, 1.54) is 12.1 Å². The normalized spacial score (nSPS) is 7.53. The van der Waals surface area contributed by atoms with Gasteiger partial charge < -0.3 is 0 Å². The van der Waals surface area contributed by atoms with Crippen LogP contribution in [0.1, 0.15) is 27.8 Å². The first-order chi connectivity index (χ1) is 8.69. The van der Waals surface area contributed by atoms with Gasteiger partial charge in [-0.1, -0.05) is 0 Å². The molecule has 0 aliphatic carbocycles. The van der Waals surface area contributed by atoms with Crippen LogP contribution in [-0.2, 0) is 0 Å². The second kappa shape index (κ2) is 6.87. The molecule has 8 heteroatoms. The molecule has 0 aliphatic heterocycles. The van der Waals surface area contributed by atoms with E-state index in [1.54, 1.807) is 18.2 Å². The molecule has 1 rings (SSSR count). The van der Waals surface area contributed by atoms with Gasteiger partial charge in [0.2, 0.25) is 0 Å². The second-order valence-corrected chi connectivity index (χ2v) is 2.87. The molecular weight excluding hydrogens is 255 g/mol. The Bertz CT molecular complexity index is 710. The first-order valence-electron chi connectivity index (χ1n) is 4.27. The maximum absolute atomic E-state index is 10.6. The van der Waals surface area contributed by atoms with Crippen LogP contribution in [-0.4, -0.2) is 29.6 Å². The molecule has 0 N–H and O–H groups in total. The second-order valence-electron chi connectivity index (χ2n) is 2.87. The Morgan fingerprint density at radius 1 is 0.632 bits per heavy atom. The number of nitrogens with zero attached hydrogens (tertiary/aromatic N) is 6. The molecule has 0 saturated heterocycles. The summed E-state index contributed by atoms with van der Waals surface area (Å²) < 4.78 is 0. The molecule has 0 spiro atoms. The fourth-order valence-corrected chi connectivity index (χ4v) is 1.38. The van der Waals surface area contributed by atoms with Crippen LogP contribution in [0.4, 0.5) is 5.69 Å². The summed E-state index contributed by atoms with van der Waals surface area (Å²) in [6.45, 7) is 0. The van der Waals surface area contributed by atoms with Gasteiger partial charge in [-0.25, -0.2) is 0 Å². The number of nitroso groups, excluding NO2 is 1. The number of hydrogen-bond donors (Lipinski definition) is 0. The van der Waals surface area contributed by atoms with Crippen molar-refractivity contribution in [3.8, 4) is 30.3 Å². The van der Waals surface area contributed by atoms with Crippen LogP contribution < -0.4 is 0 Å². The number of rotatable bonds is 1. The fourth-order valence-electron chi connectivity index (χ4n) is 1.38. The van der Waals surface area contributed by atoms with Crippen molar-refractivity contribution in [2.45, 2.75) is 0 Å². The standard InChI is InChI=1S/C11N6O.Na.H/c12-1-6-7(2-13)9(4-15)11(17-18)10(5-16)8(6)3-14;;. The molecule has 0 aliphatic rings.